The first kappa shape index (κ1) is 19.2. The number of carbonyl (C=O) groups excluding carboxylic acids is 1. The smallest absolute Gasteiger partial charge is 0.233 e. The maximum Gasteiger partial charge on any atom is 0.233 e. The van der Waals surface area contributed by atoms with Crippen LogP contribution in [-0.4, -0.2) is 74.6 Å². The Balaban J connectivity index is 1.33. The van der Waals surface area contributed by atoms with Crippen LogP contribution in [0.15, 0.2) is 54.2 Å². The molecule has 3 heterocycles. The first-order valence-corrected chi connectivity index (χ1v) is 10.2. The monoisotopic (exact) mass is 411 g/mol. The second kappa shape index (κ2) is 8.91. The van der Waals surface area contributed by atoms with Gasteiger partial charge in [-0.15, -0.1) is 10.2 Å². The standard InChI is InChI=1S/C19H21N7O2S/c1-28-16-5-2-4-15(12-16)26-14-22-23-19(26)29-13-17(27)24-8-10-25(11-9-24)18-20-6-3-7-21-18/h2-7,12,14H,8-11,13H2,1H3. The summed E-state index contributed by atoms with van der Waals surface area (Å²) in [7, 11) is 1.63. The van der Waals surface area contributed by atoms with Gasteiger partial charge in [0.25, 0.3) is 0 Å². The topological polar surface area (TPSA) is 89.3 Å². The highest BCUT2D eigenvalue weighted by Gasteiger charge is 2.23. The number of benzene rings is 1. The summed E-state index contributed by atoms with van der Waals surface area (Å²) in [5, 5.41) is 8.82. The van der Waals surface area contributed by atoms with Crippen molar-refractivity contribution in [2.75, 3.05) is 43.9 Å². The van der Waals surface area contributed by atoms with E-state index in [9.17, 15) is 4.79 Å². The number of carbonyl (C=O) groups is 1. The largest absolute Gasteiger partial charge is 0.497 e. The van der Waals surface area contributed by atoms with E-state index >= 15 is 0 Å². The lowest BCUT2D eigenvalue weighted by atomic mass is 10.3. The molecule has 1 saturated heterocycles. The summed E-state index contributed by atoms with van der Waals surface area (Å²) in [4.78, 5) is 25.2. The van der Waals surface area contributed by atoms with Crippen LogP contribution in [0.25, 0.3) is 5.69 Å². The van der Waals surface area contributed by atoms with Crippen molar-refractivity contribution < 1.29 is 9.53 Å². The maximum atomic E-state index is 12.7. The zero-order chi connectivity index (χ0) is 20.1. The second-order valence-electron chi connectivity index (χ2n) is 6.39. The molecule has 4 rings (SSSR count). The Labute approximate surface area is 172 Å². The molecule has 1 aliphatic rings. The van der Waals surface area contributed by atoms with E-state index in [1.54, 1.807) is 31.9 Å². The quantitative estimate of drug-likeness (QED) is 0.564. The third kappa shape index (κ3) is 4.48. The summed E-state index contributed by atoms with van der Waals surface area (Å²) < 4.78 is 7.13. The average molecular weight is 411 g/mol. The zero-order valence-corrected chi connectivity index (χ0v) is 16.8. The van der Waals surface area contributed by atoms with Gasteiger partial charge in [0, 0.05) is 44.6 Å². The van der Waals surface area contributed by atoms with Crippen LogP contribution in [-0.2, 0) is 4.79 Å². The van der Waals surface area contributed by atoms with Crippen molar-refractivity contribution in [1.82, 2.24) is 29.6 Å². The predicted octanol–water partition coefficient (Wildman–Crippen LogP) is 1.51. The Morgan fingerprint density at radius 1 is 1.14 bits per heavy atom. The lowest BCUT2D eigenvalue weighted by Crippen LogP contribution is -2.49. The van der Waals surface area contributed by atoms with Gasteiger partial charge in [-0.3, -0.25) is 9.36 Å². The SMILES string of the molecule is COc1cccc(-n2cnnc2SCC(=O)N2CCN(c3ncccn3)CC2)c1. The van der Waals surface area contributed by atoms with Crippen LogP contribution in [0.1, 0.15) is 0 Å². The number of methoxy groups -OCH3 is 1. The van der Waals surface area contributed by atoms with E-state index in [0.717, 1.165) is 24.5 Å². The molecular formula is C19H21N7O2S. The van der Waals surface area contributed by atoms with E-state index in [4.69, 9.17) is 4.74 Å². The molecule has 2 aromatic heterocycles. The van der Waals surface area contributed by atoms with Crippen molar-refractivity contribution in [3.8, 4) is 11.4 Å². The first-order chi connectivity index (χ1) is 14.2. The highest BCUT2D eigenvalue weighted by molar-refractivity contribution is 7.99. The predicted molar refractivity (Wildman–Crippen MR) is 109 cm³/mol. The summed E-state index contributed by atoms with van der Waals surface area (Å²) in [6.45, 7) is 2.75. The second-order valence-corrected chi connectivity index (χ2v) is 7.33. The summed E-state index contributed by atoms with van der Waals surface area (Å²) >= 11 is 1.38. The number of aromatic nitrogens is 5. The number of hydrogen-bond acceptors (Lipinski definition) is 8. The van der Waals surface area contributed by atoms with E-state index in [1.807, 2.05) is 33.7 Å². The van der Waals surface area contributed by atoms with E-state index in [1.165, 1.54) is 11.8 Å². The van der Waals surface area contributed by atoms with E-state index in [0.29, 0.717) is 29.9 Å². The molecule has 0 saturated carbocycles. The van der Waals surface area contributed by atoms with Gasteiger partial charge in [0.2, 0.25) is 11.9 Å². The van der Waals surface area contributed by atoms with Crippen LogP contribution in [0.2, 0.25) is 0 Å². The fraction of sp³-hybridized carbons (Fsp3) is 0.316. The Morgan fingerprint density at radius 2 is 1.93 bits per heavy atom. The summed E-state index contributed by atoms with van der Waals surface area (Å²) in [5.41, 5.74) is 0.890. The molecule has 0 radical (unpaired) electrons. The molecule has 1 amide bonds. The van der Waals surface area contributed by atoms with Crippen molar-refractivity contribution in [3.05, 3.63) is 49.1 Å². The van der Waals surface area contributed by atoms with Crippen molar-refractivity contribution in [3.63, 3.8) is 0 Å². The van der Waals surface area contributed by atoms with Crippen LogP contribution < -0.4 is 9.64 Å². The van der Waals surface area contributed by atoms with Crippen molar-refractivity contribution in [1.29, 1.82) is 0 Å². The van der Waals surface area contributed by atoms with E-state index in [-0.39, 0.29) is 5.91 Å². The number of thioether (sulfide) groups is 1. The minimum atomic E-state index is 0.0869. The first-order valence-electron chi connectivity index (χ1n) is 9.21. The van der Waals surface area contributed by atoms with Gasteiger partial charge in [-0.2, -0.15) is 0 Å². The maximum absolute atomic E-state index is 12.7. The van der Waals surface area contributed by atoms with Gasteiger partial charge in [-0.1, -0.05) is 17.8 Å². The summed E-state index contributed by atoms with van der Waals surface area (Å²) in [5.74, 6) is 1.86. The normalized spacial score (nSPS) is 14.1. The molecule has 0 bridgehead atoms. The van der Waals surface area contributed by atoms with Crippen LogP contribution in [0.5, 0.6) is 5.75 Å². The van der Waals surface area contributed by atoms with Gasteiger partial charge in [0.15, 0.2) is 5.16 Å². The number of rotatable bonds is 6. The van der Waals surface area contributed by atoms with Crippen molar-refractivity contribution >= 4 is 23.6 Å². The Bertz CT molecular complexity index is 958. The van der Waals surface area contributed by atoms with Gasteiger partial charge in [-0.05, 0) is 18.2 Å². The van der Waals surface area contributed by atoms with Gasteiger partial charge >= 0.3 is 0 Å². The van der Waals surface area contributed by atoms with Crippen molar-refractivity contribution in [2.24, 2.45) is 0 Å². The molecule has 10 heteroatoms. The van der Waals surface area contributed by atoms with Crippen LogP contribution in [0.4, 0.5) is 5.95 Å². The summed E-state index contributed by atoms with van der Waals surface area (Å²) in [6.07, 6.45) is 5.10. The molecule has 0 aliphatic carbocycles. The lowest BCUT2D eigenvalue weighted by Gasteiger charge is -2.34. The molecule has 0 unspecified atom stereocenters. The number of piperazine rings is 1. The molecule has 0 atom stereocenters. The van der Waals surface area contributed by atoms with Crippen LogP contribution in [0.3, 0.4) is 0 Å². The zero-order valence-electron chi connectivity index (χ0n) is 16.0. The molecule has 0 spiro atoms. The van der Waals surface area contributed by atoms with E-state index < -0.39 is 0 Å². The Morgan fingerprint density at radius 3 is 2.69 bits per heavy atom. The highest BCUT2D eigenvalue weighted by Crippen LogP contribution is 2.23. The highest BCUT2D eigenvalue weighted by atomic mass is 32.2. The molecule has 3 aromatic rings. The molecular weight excluding hydrogens is 390 g/mol. The molecule has 0 N–H and O–H groups in total. The molecule has 1 fully saturated rings. The Kier molecular flexibility index (Phi) is 5.89. The third-order valence-corrected chi connectivity index (χ3v) is 5.57. The number of anilines is 1. The number of nitrogens with zero attached hydrogens (tertiary/aromatic N) is 7. The average Bonchev–Trinajstić information content (AvgIpc) is 3.27. The lowest BCUT2D eigenvalue weighted by molar-refractivity contribution is -0.128. The number of ether oxygens (including phenoxy) is 1. The van der Waals surface area contributed by atoms with Crippen LogP contribution in [0, 0.1) is 0 Å². The van der Waals surface area contributed by atoms with Crippen LogP contribution >= 0.6 is 11.8 Å². The Hall–Kier alpha value is -3.14. The molecule has 9 nitrogen and oxygen atoms in total. The number of hydrogen-bond donors (Lipinski definition) is 0. The molecule has 29 heavy (non-hydrogen) atoms. The third-order valence-electron chi connectivity index (χ3n) is 4.64. The molecule has 1 aromatic carbocycles. The summed E-state index contributed by atoms with van der Waals surface area (Å²) in [6, 6.07) is 9.43. The van der Waals surface area contributed by atoms with Gasteiger partial charge in [0.1, 0.15) is 12.1 Å². The van der Waals surface area contributed by atoms with Gasteiger partial charge in [-0.25, -0.2) is 9.97 Å². The fourth-order valence-electron chi connectivity index (χ4n) is 3.09. The van der Waals surface area contributed by atoms with Gasteiger partial charge < -0.3 is 14.5 Å². The minimum absolute atomic E-state index is 0.0869. The molecule has 1 aliphatic heterocycles. The minimum Gasteiger partial charge on any atom is -0.497 e. The number of amides is 1. The van der Waals surface area contributed by atoms with E-state index in [2.05, 4.69) is 25.1 Å². The van der Waals surface area contributed by atoms with Gasteiger partial charge in [0.05, 0.1) is 18.6 Å². The van der Waals surface area contributed by atoms with Crippen molar-refractivity contribution in [2.45, 2.75) is 5.16 Å². The fourth-order valence-corrected chi connectivity index (χ4v) is 3.92. The molecule has 150 valence electrons.